The van der Waals surface area contributed by atoms with Crippen LogP contribution >= 0.6 is 0 Å². The van der Waals surface area contributed by atoms with Crippen molar-refractivity contribution in [1.29, 1.82) is 0 Å². The Kier molecular flexibility index (Phi) is 3.41. The van der Waals surface area contributed by atoms with E-state index in [2.05, 4.69) is 15.5 Å². The van der Waals surface area contributed by atoms with E-state index < -0.39 is 23.5 Å². The molecule has 1 heterocycles. The van der Waals surface area contributed by atoms with Crippen molar-refractivity contribution in [3.63, 3.8) is 0 Å². The van der Waals surface area contributed by atoms with Crippen LogP contribution in [-0.2, 0) is 12.7 Å². The molecule has 102 valence electrons. The molecule has 0 bridgehead atoms. The molecule has 0 aliphatic heterocycles. The maximum absolute atomic E-state index is 13.2. The molecule has 0 fully saturated rings. The summed E-state index contributed by atoms with van der Waals surface area (Å²) in [5, 5.41) is 7.73. The van der Waals surface area contributed by atoms with E-state index in [1.807, 2.05) is 0 Å². The molecule has 0 radical (unpaired) electrons. The van der Waals surface area contributed by atoms with Gasteiger partial charge in [0, 0.05) is 0 Å². The lowest BCUT2D eigenvalue weighted by Gasteiger charge is -2.05. The highest BCUT2D eigenvalue weighted by Gasteiger charge is 2.33. The Morgan fingerprint density at radius 3 is 2.53 bits per heavy atom. The van der Waals surface area contributed by atoms with Gasteiger partial charge in [0.2, 0.25) is 0 Å². The van der Waals surface area contributed by atoms with Gasteiger partial charge in [-0.25, -0.2) is 8.78 Å². The van der Waals surface area contributed by atoms with Gasteiger partial charge in [-0.15, -0.1) is 0 Å². The average molecular weight is 277 g/mol. The first-order valence-corrected chi connectivity index (χ1v) is 5.16. The lowest BCUT2D eigenvalue weighted by Crippen LogP contribution is -2.05. The molecule has 19 heavy (non-hydrogen) atoms. The highest BCUT2D eigenvalue weighted by molar-refractivity contribution is 5.45. The summed E-state index contributed by atoms with van der Waals surface area (Å²) in [6, 6.07) is 3.57. The first kappa shape index (κ1) is 13.3. The number of rotatable bonds is 3. The summed E-state index contributed by atoms with van der Waals surface area (Å²) in [6.45, 7) is -0.135. The Morgan fingerprint density at radius 1 is 1.16 bits per heavy atom. The van der Waals surface area contributed by atoms with E-state index in [1.54, 1.807) is 0 Å². The number of benzene rings is 1. The monoisotopic (exact) mass is 277 g/mol. The van der Waals surface area contributed by atoms with Gasteiger partial charge in [0.15, 0.2) is 5.69 Å². The molecular weight excluding hydrogens is 269 g/mol. The van der Waals surface area contributed by atoms with Gasteiger partial charge in [-0.05, 0) is 24.3 Å². The highest BCUT2D eigenvalue weighted by atomic mass is 19.4. The van der Waals surface area contributed by atoms with Crippen LogP contribution in [0.5, 0.6) is 0 Å². The van der Waals surface area contributed by atoms with Crippen LogP contribution in [0.15, 0.2) is 24.3 Å². The minimum atomic E-state index is -4.54. The molecule has 0 unspecified atom stereocenters. The molecule has 0 amide bonds. The van der Waals surface area contributed by atoms with Gasteiger partial charge in [0.1, 0.15) is 11.6 Å². The molecule has 1 aromatic heterocycles. The van der Waals surface area contributed by atoms with Gasteiger partial charge in [-0.2, -0.15) is 18.3 Å². The summed E-state index contributed by atoms with van der Waals surface area (Å²) in [5.74, 6) is -1.35. The number of aromatic nitrogens is 2. The Labute approximate surface area is 104 Å². The minimum absolute atomic E-state index is 0.107. The van der Waals surface area contributed by atoms with Crippen molar-refractivity contribution >= 4 is 5.69 Å². The largest absolute Gasteiger partial charge is 0.435 e. The van der Waals surface area contributed by atoms with Crippen molar-refractivity contribution < 1.29 is 22.0 Å². The molecule has 2 rings (SSSR count). The predicted molar refractivity (Wildman–Crippen MR) is 57.3 cm³/mol. The Morgan fingerprint density at radius 2 is 1.89 bits per heavy atom. The maximum atomic E-state index is 13.2. The second-order valence-corrected chi connectivity index (χ2v) is 3.75. The second kappa shape index (κ2) is 4.87. The molecule has 2 aromatic rings. The van der Waals surface area contributed by atoms with Crippen molar-refractivity contribution in [3.8, 4) is 0 Å². The number of alkyl halides is 3. The van der Waals surface area contributed by atoms with Gasteiger partial charge in [-0.3, -0.25) is 5.10 Å². The lowest BCUT2D eigenvalue weighted by molar-refractivity contribution is -0.141. The van der Waals surface area contributed by atoms with E-state index in [-0.39, 0.29) is 17.9 Å². The molecular formula is C11H8F5N3. The fourth-order valence-electron chi connectivity index (χ4n) is 1.42. The van der Waals surface area contributed by atoms with Crippen LogP contribution in [0.25, 0.3) is 0 Å². The molecule has 0 aliphatic rings. The average Bonchev–Trinajstić information content (AvgIpc) is 2.79. The molecule has 0 aliphatic carbocycles. The number of hydrogen-bond acceptors (Lipinski definition) is 2. The lowest BCUT2D eigenvalue weighted by atomic mass is 10.3. The van der Waals surface area contributed by atoms with E-state index in [0.717, 1.165) is 24.3 Å². The number of nitrogens with one attached hydrogen (secondary N) is 2. The van der Waals surface area contributed by atoms with Crippen LogP contribution < -0.4 is 5.32 Å². The third-order valence-corrected chi connectivity index (χ3v) is 2.32. The van der Waals surface area contributed by atoms with Crippen molar-refractivity contribution in [2.75, 3.05) is 5.32 Å². The van der Waals surface area contributed by atoms with Crippen molar-refractivity contribution in [2.45, 2.75) is 12.7 Å². The molecule has 0 saturated heterocycles. The molecule has 0 atom stereocenters. The van der Waals surface area contributed by atoms with E-state index in [0.29, 0.717) is 0 Å². The fraction of sp³-hybridized carbons (Fsp3) is 0.182. The SMILES string of the molecule is Fc1ccc(F)c(NCc2cc(C(F)(F)F)n[nH]2)c1. The Hall–Kier alpha value is -2.12. The molecule has 0 saturated carbocycles. The van der Waals surface area contributed by atoms with E-state index in [4.69, 9.17) is 0 Å². The molecule has 8 heteroatoms. The topological polar surface area (TPSA) is 40.7 Å². The quantitative estimate of drug-likeness (QED) is 0.845. The van der Waals surface area contributed by atoms with Gasteiger partial charge in [0.25, 0.3) is 0 Å². The zero-order valence-electron chi connectivity index (χ0n) is 9.35. The van der Waals surface area contributed by atoms with E-state index in [1.165, 1.54) is 0 Å². The summed E-state index contributed by atoms with van der Waals surface area (Å²) in [5.41, 5.74) is -1.09. The second-order valence-electron chi connectivity index (χ2n) is 3.75. The number of hydrogen-bond donors (Lipinski definition) is 2. The van der Waals surface area contributed by atoms with Gasteiger partial charge in [0.05, 0.1) is 17.9 Å². The predicted octanol–water partition coefficient (Wildman–Crippen LogP) is 3.32. The van der Waals surface area contributed by atoms with Gasteiger partial charge < -0.3 is 5.32 Å². The summed E-state index contributed by atoms with van der Waals surface area (Å²) in [4.78, 5) is 0. The van der Waals surface area contributed by atoms with E-state index >= 15 is 0 Å². The molecule has 3 nitrogen and oxygen atoms in total. The standard InChI is InChI=1S/C11H8F5N3/c12-6-1-2-8(13)9(3-6)17-5-7-4-10(19-18-7)11(14,15)16/h1-4,17H,5H2,(H,18,19). The first-order valence-electron chi connectivity index (χ1n) is 5.16. The fourth-order valence-corrected chi connectivity index (χ4v) is 1.42. The Bertz CT molecular complexity index is 576. The third-order valence-electron chi connectivity index (χ3n) is 2.32. The highest BCUT2D eigenvalue weighted by Crippen LogP contribution is 2.27. The van der Waals surface area contributed by atoms with Crippen LogP contribution in [0.4, 0.5) is 27.6 Å². The number of nitrogens with zero attached hydrogens (tertiary/aromatic N) is 1. The van der Waals surface area contributed by atoms with Crippen molar-refractivity contribution in [3.05, 3.63) is 47.3 Å². The minimum Gasteiger partial charge on any atom is -0.377 e. The maximum Gasteiger partial charge on any atom is 0.435 e. The summed E-state index contributed by atoms with van der Waals surface area (Å²) in [7, 11) is 0. The number of anilines is 1. The van der Waals surface area contributed by atoms with Gasteiger partial charge in [-0.1, -0.05) is 0 Å². The smallest absolute Gasteiger partial charge is 0.377 e. The molecule has 0 spiro atoms. The third kappa shape index (κ3) is 3.21. The van der Waals surface area contributed by atoms with Gasteiger partial charge >= 0.3 is 6.18 Å². The number of H-pyrrole nitrogens is 1. The normalized spacial score (nSPS) is 11.6. The van der Waals surface area contributed by atoms with Crippen molar-refractivity contribution in [1.82, 2.24) is 10.2 Å². The van der Waals surface area contributed by atoms with Crippen LogP contribution in [0.2, 0.25) is 0 Å². The van der Waals surface area contributed by atoms with Crippen LogP contribution in [0, 0.1) is 11.6 Å². The molecule has 1 aromatic carbocycles. The van der Waals surface area contributed by atoms with Crippen LogP contribution in [-0.4, -0.2) is 10.2 Å². The summed E-state index contributed by atoms with van der Waals surface area (Å²) < 4.78 is 62.9. The van der Waals surface area contributed by atoms with Crippen LogP contribution in [0.3, 0.4) is 0 Å². The summed E-state index contributed by atoms with van der Waals surface area (Å²) >= 11 is 0. The first-order chi connectivity index (χ1) is 8.86. The summed E-state index contributed by atoms with van der Waals surface area (Å²) in [6.07, 6.45) is -4.54. The van der Waals surface area contributed by atoms with E-state index in [9.17, 15) is 22.0 Å². The zero-order chi connectivity index (χ0) is 14.0. The molecule has 2 N–H and O–H groups in total. The van der Waals surface area contributed by atoms with Crippen molar-refractivity contribution in [2.24, 2.45) is 0 Å². The number of halogens is 5. The Balaban J connectivity index is 2.06. The zero-order valence-corrected chi connectivity index (χ0v) is 9.35. The van der Waals surface area contributed by atoms with Crippen LogP contribution in [0.1, 0.15) is 11.4 Å². The number of aromatic amines is 1.